The molecule has 0 saturated heterocycles. The third-order valence-corrected chi connectivity index (χ3v) is 1.14. The molecule has 1 unspecified atom stereocenters. The Bertz CT molecular complexity index is 123. The second-order valence-electron chi connectivity index (χ2n) is 2.87. The monoisotopic (exact) mass is 224 g/mol. The van der Waals surface area contributed by atoms with Crippen LogP contribution in [0.5, 0.6) is 0 Å². The van der Waals surface area contributed by atoms with Gasteiger partial charge in [0.1, 0.15) is 6.10 Å². The summed E-state index contributed by atoms with van der Waals surface area (Å²) in [6.07, 6.45) is -0.572. The highest BCUT2D eigenvalue weighted by Gasteiger charge is 1.97. The van der Waals surface area contributed by atoms with E-state index in [4.69, 9.17) is 20.4 Å². The molecule has 0 aliphatic heterocycles. The Morgan fingerprint density at radius 1 is 1.20 bits per heavy atom. The van der Waals surface area contributed by atoms with Crippen LogP contribution in [0.2, 0.25) is 0 Å². The predicted octanol–water partition coefficient (Wildman–Crippen LogP) is 0.0520. The van der Waals surface area contributed by atoms with Gasteiger partial charge in [-0.3, -0.25) is 4.79 Å². The minimum atomic E-state index is -1.10. The third kappa shape index (κ3) is 42.2. The minimum absolute atomic E-state index is 0.185. The van der Waals surface area contributed by atoms with E-state index in [-0.39, 0.29) is 12.4 Å². The molecule has 15 heavy (non-hydrogen) atoms. The maximum atomic E-state index is 9.89. The van der Waals surface area contributed by atoms with Gasteiger partial charge < -0.3 is 20.4 Å². The van der Waals surface area contributed by atoms with Gasteiger partial charge >= 0.3 is 0 Å². The summed E-state index contributed by atoms with van der Waals surface area (Å²) in [6.45, 7) is 6.63. The topological polar surface area (TPSA) is 98.0 Å². The molecule has 0 heterocycles. The summed E-state index contributed by atoms with van der Waals surface area (Å²) in [5.41, 5.74) is 0. The quantitative estimate of drug-likeness (QED) is 0.508. The molecule has 5 nitrogen and oxygen atoms in total. The zero-order chi connectivity index (χ0) is 12.9. The molecule has 0 saturated carbocycles. The Morgan fingerprint density at radius 2 is 1.47 bits per heavy atom. The van der Waals surface area contributed by atoms with E-state index in [1.807, 2.05) is 6.92 Å². The largest absolute Gasteiger partial charge is 0.397 e. The Hall–Kier alpha value is -0.490. The average molecular weight is 224 g/mol. The highest BCUT2D eigenvalue weighted by molar-refractivity contribution is 5.79. The standard InChI is InChI=1S/C4H8O2.C4H10O2.C2H6O/c1-3(5)4(2)6;1-2-3-4(5)6;1-2-3/h3,5H,1-2H3;4-6H,2-3H2,1H3;3H,2H2,1H3. The number of hydrogen-bond donors (Lipinski definition) is 4. The van der Waals surface area contributed by atoms with Crippen molar-refractivity contribution < 1.29 is 25.2 Å². The summed E-state index contributed by atoms with van der Waals surface area (Å²) < 4.78 is 0. The molecule has 5 heteroatoms. The highest BCUT2D eigenvalue weighted by atomic mass is 16.5. The zero-order valence-corrected chi connectivity index (χ0v) is 9.97. The molecule has 0 aromatic rings. The Kier molecular flexibility index (Phi) is 21.3. The van der Waals surface area contributed by atoms with Gasteiger partial charge in [-0.15, -0.1) is 0 Å². The lowest BCUT2D eigenvalue weighted by molar-refractivity contribution is -0.124. The molecule has 0 bridgehead atoms. The summed E-state index contributed by atoms with van der Waals surface area (Å²) in [6, 6.07) is 0. The van der Waals surface area contributed by atoms with E-state index in [9.17, 15) is 4.79 Å². The van der Waals surface area contributed by atoms with Crippen molar-refractivity contribution in [1.29, 1.82) is 0 Å². The fourth-order valence-corrected chi connectivity index (χ4v) is 0.258. The summed E-state index contributed by atoms with van der Waals surface area (Å²) >= 11 is 0. The molecule has 0 aromatic carbocycles. The molecule has 0 aliphatic rings. The van der Waals surface area contributed by atoms with Gasteiger partial charge in [-0.2, -0.15) is 0 Å². The Balaban J connectivity index is -0.000000153. The smallest absolute Gasteiger partial charge is 0.157 e. The second-order valence-corrected chi connectivity index (χ2v) is 2.87. The van der Waals surface area contributed by atoms with Crippen LogP contribution >= 0.6 is 0 Å². The summed E-state index contributed by atoms with van der Waals surface area (Å²) in [7, 11) is 0. The molecule has 0 aromatic heterocycles. The van der Waals surface area contributed by atoms with Crippen molar-refractivity contribution >= 4 is 5.78 Å². The maximum Gasteiger partial charge on any atom is 0.157 e. The highest BCUT2D eigenvalue weighted by Crippen LogP contribution is 1.88. The number of Topliss-reactive ketones (excluding diaryl/α,β-unsaturated/α-hetero) is 1. The third-order valence-electron chi connectivity index (χ3n) is 1.14. The number of aliphatic hydroxyl groups is 4. The van der Waals surface area contributed by atoms with Crippen LogP contribution in [0.1, 0.15) is 40.5 Å². The van der Waals surface area contributed by atoms with Gasteiger partial charge in [0.15, 0.2) is 12.1 Å². The van der Waals surface area contributed by atoms with Crippen molar-refractivity contribution in [2.45, 2.75) is 52.9 Å². The van der Waals surface area contributed by atoms with Gasteiger partial charge in [-0.05, 0) is 27.2 Å². The van der Waals surface area contributed by atoms with E-state index in [0.717, 1.165) is 6.42 Å². The normalized spacial score (nSPS) is 10.7. The molecule has 1 atom stereocenters. The lowest BCUT2D eigenvalue weighted by Crippen LogP contribution is -2.10. The van der Waals surface area contributed by atoms with Crippen LogP contribution in [0.25, 0.3) is 0 Å². The number of rotatable bonds is 3. The Labute approximate surface area is 91.4 Å². The molecule has 0 amide bonds. The molecule has 0 radical (unpaired) electrons. The van der Waals surface area contributed by atoms with E-state index in [0.29, 0.717) is 6.42 Å². The lowest BCUT2D eigenvalue weighted by atomic mass is 10.3. The van der Waals surface area contributed by atoms with E-state index in [1.54, 1.807) is 6.92 Å². The molecule has 0 fully saturated rings. The molecule has 94 valence electrons. The fourth-order valence-electron chi connectivity index (χ4n) is 0.258. The molecule has 4 N–H and O–H groups in total. The number of aliphatic hydroxyl groups excluding tert-OH is 3. The first-order valence-corrected chi connectivity index (χ1v) is 4.98. The van der Waals surface area contributed by atoms with Crippen molar-refractivity contribution in [3.63, 3.8) is 0 Å². The summed E-state index contributed by atoms with van der Waals surface area (Å²) in [5.74, 6) is -0.185. The molecular formula is C10H24O5. The van der Waals surface area contributed by atoms with Gasteiger partial charge in [0.25, 0.3) is 0 Å². The van der Waals surface area contributed by atoms with Crippen molar-refractivity contribution in [3.05, 3.63) is 0 Å². The predicted molar refractivity (Wildman–Crippen MR) is 58.3 cm³/mol. The molecular weight excluding hydrogens is 200 g/mol. The summed E-state index contributed by atoms with van der Waals surface area (Å²) in [4.78, 5) is 9.89. The van der Waals surface area contributed by atoms with E-state index >= 15 is 0 Å². The lowest BCUT2D eigenvalue weighted by Gasteiger charge is -1.94. The van der Waals surface area contributed by atoms with Crippen LogP contribution in [0.3, 0.4) is 0 Å². The van der Waals surface area contributed by atoms with Gasteiger partial charge in [0.2, 0.25) is 0 Å². The van der Waals surface area contributed by atoms with Gasteiger partial charge in [0.05, 0.1) is 0 Å². The van der Waals surface area contributed by atoms with Gasteiger partial charge in [-0.25, -0.2) is 0 Å². The van der Waals surface area contributed by atoms with Gasteiger partial charge in [-0.1, -0.05) is 13.3 Å². The van der Waals surface area contributed by atoms with E-state index < -0.39 is 12.4 Å². The first kappa shape index (κ1) is 20.0. The molecule has 0 aliphatic carbocycles. The maximum absolute atomic E-state index is 9.89. The first-order chi connectivity index (χ1) is 6.83. The van der Waals surface area contributed by atoms with Crippen molar-refractivity contribution in [1.82, 2.24) is 0 Å². The van der Waals surface area contributed by atoms with E-state index in [1.165, 1.54) is 13.8 Å². The average Bonchev–Trinajstić information content (AvgIpc) is 2.05. The Morgan fingerprint density at radius 3 is 1.47 bits per heavy atom. The van der Waals surface area contributed by atoms with Crippen LogP contribution in [0.15, 0.2) is 0 Å². The minimum Gasteiger partial charge on any atom is -0.397 e. The van der Waals surface area contributed by atoms with Crippen LogP contribution in [-0.4, -0.2) is 45.2 Å². The molecule has 0 rings (SSSR count). The second kappa shape index (κ2) is 16.0. The van der Waals surface area contributed by atoms with Crippen LogP contribution in [0.4, 0.5) is 0 Å². The van der Waals surface area contributed by atoms with Crippen LogP contribution in [-0.2, 0) is 4.79 Å². The fraction of sp³-hybridized carbons (Fsp3) is 0.900. The number of carbonyl (C=O) groups excluding carboxylic acids is 1. The SMILES string of the molecule is CC(=O)C(C)O.CCCC(O)O.CCO. The summed E-state index contributed by atoms with van der Waals surface area (Å²) in [5, 5.41) is 32.1. The number of carbonyl (C=O) groups is 1. The first-order valence-electron chi connectivity index (χ1n) is 4.98. The zero-order valence-electron chi connectivity index (χ0n) is 9.97. The van der Waals surface area contributed by atoms with Crippen LogP contribution < -0.4 is 0 Å². The van der Waals surface area contributed by atoms with Gasteiger partial charge in [0, 0.05) is 6.61 Å². The van der Waals surface area contributed by atoms with Crippen LogP contribution in [0, 0.1) is 0 Å². The number of hydrogen-bond acceptors (Lipinski definition) is 5. The van der Waals surface area contributed by atoms with Crippen molar-refractivity contribution in [2.75, 3.05) is 6.61 Å². The van der Waals surface area contributed by atoms with E-state index in [2.05, 4.69) is 0 Å². The van der Waals surface area contributed by atoms with Crippen molar-refractivity contribution in [2.24, 2.45) is 0 Å². The molecule has 0 spiro atoms. The van der Waals surface area contributed by atoms with Crippen molar-refractivity contribution in [3.8, 4) is 0 Å². The number of ketones is 1.